The van der Waals surface area contributed by atoms with Crippen molar-refractivity contribution in [1.82, 2.24) is 15.3 Å². The summed E-state index contributed by atoms with van der Waals surface area (Å²) in [4.78, 5) is 7.47. The van der Waals surface area contributed by atoms with Gasteiger partial charge >= 0.3 is 0 Å². The molecule has 2 atom stereocenters. The average molecular weight is 425 g/mol. The average Bonchev–Trinajstić information content (AvgIpc) is 3.11. The zero-order valence-electron chi connectivity index (χ0n) is 15.7. The van der Waals surface area contributed by atoms with Crippen LogP contribution in [0.5, 0.6) is 0 Å². The van der Waals surface area contributed by atoms with Gasteiger partial charge in [0.05, 0.1) is 33.1 Å². The number of imidazole rings is 1. The van der Waals surface area contributed by atoms with Crippen LogP contribution in [-0.2, 0) is 25.0 Å². The SMILES string of the molecule is CC1(CS(=O)c2nc3ccccc3[nH]2)C=C(OCC2OCC(F)(F)CO2)C=CN1. The number of nitrogens with zero attached hydrogens (tertiary/aromatic N) is 1. The van der Waals surface area contributed by atoms with E-state index in [1.165, 1.54) is 0 Å². The number of hydrogen-bond donors (Lipinski definition) is 2. The Balaban J connectivity index is 1.37. The number of para-hydroxylation sites is 2. The van der Waals surface area contributed by atoms with Crippen LogP contribution in [0.25, 0.3) is 11.0 Å². The number of alkyl halides is 2. The van der Waals surface area contributed by atoms with Crippen molar-refractivity contribution in [2.45, 2.75) is 29.8 Å². The summed E-state index contributed by atoms with van der Waals surface area (Å²) in [5.41, 5.74) is 0.945. The number of dihydropyridines is 1. The Hall–Kier alpha value is -2.30. The van der Waals surface area contributed by atoms with Crippen LogP contribution < -0.4 is 5.32 Å². The molecule has 4 rings (SSSR count). The van der Waals surface area contributed by atoms with Gasteiger partial charge in [-0.05, 0) is 31.2 Å². The number of aromatic amines is 1. The highest BCUT2D eigenvalue weighted by atomic mass is 32.2. The molecule has 0 spiro atoms. The van der Waals surface area contributed by atoms with Crippen molar-refractivity contribution in [1.29, 1.82) is 0 Å². The van der Waals surface area contributed by atoms with Crippen LogP contribution in [0, 0.1) is 0 Å². The fourth-order valence-electron chi connectivity index (χ4n) is 3.05. The molecule has 1 fully saturated rings. The van der Waals surface area contributed by atoms with E-state index >= 15 is 0 Å². The molecule has 1 aromatic carbocycles. The van der Waals surface area contributed by atoms with Gasteiger partial charge in [0, 0.05) is 6.20 Å². The number of nitrogens with one attached hydrogen (secondary N) is 2. The zero-order valence-corrected chi connectivity index (χ0v) is 16.5. The third kappa shape index (κ3) is 4.82. The lowest BCUT2D eigenvalue weighted by Crippen LogP contribution is -2.44. The maximum absolute atomic E-state index is 13.0. The minimum atomic E-state index is -2.97. The minimum Gasteiger partial charge on any atom is -0.488 e. The molecule has 0 amide bonds. The van der Waals surface area contributed by atoms with Crippen LogP contribution in [0.15, 0.2) is 53.5 Å². The van der Waals surface area contributed by atoms with E-state index in [2.05, 4.69) is 15.3 Å². The Labute approximate surface area is 168 Å². The molecule has 1 aromatic heterocycles. The summed E-state index contributed by atoms with van der Waals surface area (Å²) in [5, 5.41) is 3.58. The predicted octanol–water partition coefficient (Wildman–Crippen LogP) is 2.45. The number of halogens is 2. The van der Waals surface area contributed by atoms with Gasteiger partial charge in [-0.3, -0.25) is 4.21 Å². The Morgan fingerprint density at radius 2 is 2.07 bits per heavy atom. The summed E-state index contributed by atoms with van der Waals surface area (Å²) in [6, 6.07) is 7.49. The molecule has 0 radical (unpaired) electrons. The summed E-state index contributed by atoms with van der Waals surface area (Å²) in [5.74, 6) is -2.20. The van der Waals surface area contributed by atoms with Gasteiger partial charge in [0.15, 0.2) is 11.4 Å². The summed E-state index contributed by atoms with van der Waals surface area (Å²) in [6.07, 6.45) is 4.34. The van der Waals surface area contributed by atoms with E-state index in [1.807, 2.05) is 31.2 Å². The fraction of sp³-hybridized carbons (Fsp3) is 0.421. The highest BCUT2D eigenvalue weighted by molar-refractivity contribution is 7.84. The first-order valence-electron chi connectivity index (χ1n) is 9.06. The van der Waals surface area contributed by atoms with Crippen LogP contribution in [-0.4, -0.2) is 57.5 Å². The number of fused-ring (bicyclic) bond motifs is 1. The van der Waals surface area contributed by atoms with E-state index in [9.17, 15) is 13.0 Å². The Morgan fingerprint density at radius 1 is 1.31 bits per heavy atom. The molecule has 2 aromatic rings. The molecule has 3 heterocycles. The molecule has 0 bridgehead atoms. The highest BCUT2D eigenvalue weighted by Gasteiger charge is 2.37. The molecule has 2 aliphatic rings. The third-order valence-corrected chi connectivity index (χ3v) is 5.97. The molecule has 0 saturated carbocycles. The van der Waals surface area contributed by atoms with E-state index in [0.29, 0.717) is 10.9 Å². The largest absolute Gasteiger partial charge is 0.488 e. The predicted molar refractivity (Wildman–Crippen MR) is 103 cm³/mol. The maximum Gasteiger partial charge on any atom is 0.293 e. The molecule has 1 saturated heterocycles. The Bertz CT molecular complexity index is 934. The number of hydrogen-bond acceptors (Lipinski definition) is 6. The lowest BCUT2D eigenvalue weighted by atomic mass is 10.0. The second kappa shape index (κ2) is 7.85. The molecule has 2 aliphatic heterocycles. The fourth-order valence-corrected chi connectivity index (χ4v) is 4.32. The van der Waals surface area contributed by atoms with E-state index < -0.39 is 41.8 Å². The van der Waals surface area contributed by atoms with Gasteiger partial charge in [-0.2, -0.15) is 0 Å². The molecule has 156 valence electrons. The van der Waals surface area contributed by atoms with E-state index in [-0.39, 0.29) is 12.4 Å². The van der Waals surface area contributed by atoms with Crippen LogP contribution in [0.1, 0.15) is 6.92 Å². The first-order chi connectivity index (χ1) is 13.8. The van der Waals surface area contributed by atoms with Crippen LogP contribution in [0.4, 0.5) is 8.78 Å². The van der Waals surface area contributed by atoms with E-state index in [0.717, 1.165) is 11.0 Å². The molecule has 10 heteroatoms. The molecular formula is C19H21F2N3O4S. The second-order valence-corrected chi connectivity index (χ2v) is 8.58. The molecule has 2 unspecified atom stereocenters. The standard InChI is InChI=1S/C19H21F2N3O4S/c1-18(12-29(25)17-23-14-4-2-3-5-15(14)24-17)8-13(6-7-22-18)26-9-16-27-10-19(20,21)11-28-16/h2-8,16,22H,9-12H2,1H3,(H,23,24). The van der Waals surface area contributed by atoms with Crippen molar-refractivity contribution in [3.63, 3.8) is 0 Å². The number of benzene rings is 1. The molecular weight excluding hydrogens is 404 g/mol. The van der Waals surface area contributed by atoms with Crippen molar-refractivity contribution >= 4 is 21.8 Å². The first kappa shape index (κ1) is 20.0. The van der Waals surface area contributed by atoms with Gasteiger partial charge in [0.25, 0.3) is 5.92 Å². The van der Waals surface area contributed by atoms with Crippen LogP contribution >= 0.6 is 0 Å². The molecule has 7 nitrogen and oxygen atoms in total. The van der Waals surface area contributed by atoms with Gasteiger partial charge in [0.2, 0.25) is 0 Å². The van der Waals surface area contributed by atoms with Gasteiger partial charge in [-0.25, -0.2) is 13.8 Å². The highest BCUT2D eigenvalue weighted by Crippen LogP contribution is 2.24. The van der Waals surface area contributed by atoms with Gasteiger partial charge in [0.1, 0.15) is 25.6 Å². The summed E-state index contributed by atoms with van der Waals surface area (Å²) < 4.78 is 54.5. The number of ether oxygens (including phenoxy) is 3. The minimum absolute atomic E-state index is 0.0189. The number of rotatable bonds is 6. The summed E-state index contributed by atoms with van der Waals surface area (Å²) in [7, 11) is -1.38. The van der Waals surface area contributed by atoms with E-state index in [1.54, 1.807) is 18.4 Å². The quantitative estimate of drug-likeness (QED) is 0.740. The summed E-state index contributed by atoms with van der Waals surface area (Å²) >= 11 is 0. The zero-order chi connectivity index (χ0) is 20.5. The second-order valence-electron chi connectivity index (χ2n) is 7.21. The lowest BCUT2D eigenvalue weighted by molar-refractivity contribution is -0.276. The van der Waals surface area contributed by atoms with Crippen LogP contribution in [0.3, 0.4) is 0 Å². The summed E-state index contributed by atoms with van der Waals surface area (Å²) in [6.45, 7) is 0.487. The number of aromatic nitrogens is 2. The Morgan fingerprint density at radius 3 is 2.83 bits per heavy atom. The maximum atomic E-state index is 13.0. The first-order valence-corrected chi connectivity index (χ1v) is 10.4. The van der Waals surface area contributed by atoms with Crippen molar-refractivity contribution in [3.05, 3.63) is 48.4 Å². The molecule has 2 N–H and O–H groups in total. The van der Waals surface area contributed by atoms with Crippen LogP contribution in [0.2, 0.25) is 0 Å². The van der Waals surface area contributed by atoms with E-state index in [4.69, 9.17) is 14.2 Å². The van der Waals surface area contributed by atoms with Crippen molar-refractivity contribution < 1.29 is 27.2 Å². The van der Waals surface area contributed by atoms with Crippen molar-refractivity contribution in [2.75, 3.05) is 25.6 Å². The third-order valence-electron chi connectivity index (χ3n) is 4.48. The van der Waals surface area contributed by atoms with Gasteiger partial charge in [-0.15, -0.1) is 0 Å². The lowest BCUT2D eigenvalue weighted by Gasteiger charge is -2.31. The number of H-pyrrole nitrogens is 1. The molecule has 29 heavy (non-hydrogen) atoms. The smallest absolute Gasteiger partial charge is 0.293 e. The topological polar surface area (TPSA) is 85.5 Å². The monoisotopic (exact) mass is 425 g/mol. The van der Waals surface area contributed by atoms with Gasteiger partial charge < -0.3 is 24.5 Å². The van der Waals surface area contributed by atoms with Gasteiger partial charge in [-0.1, -0.05) is 12.1 Å². The molecule has 0 aliphatic carbocycles. The Kier molecular flexibility index (Phi) is 5.41. The number of allylic oxidation sites excluding steroid dienone is 1. The van der Waals surface area contributed by atoms with Crippen molar-refractivity contribution in [3.8, 4) is 0 Å². The van der Waals surface area contributed by atoms with Crippen molar-refractivity contribution in [2.24, 2.45) is 0 Å². The normalized spacial score (nSPS) is 25.4.